The summed E-state index contributed by atoms with van der Waals surface area (Å²) in [5, 5.41) is 13.7. The molecule has 0 unspecified atom stereocenters. The number of hydrogen-bond donors (Lipinski definition) is 1. The summed E-state index contributed by atoms with van der Waals surface area (Å²) >= 11 is 23.6. The number of aromatic nitrogens is 1. The highest BCUT2D eigenvalue weighted by atomic mass is 35.5. The standard InChI is InChI=1S/C11H5Cl4N3O2/c12-7-9(8(13)11(15)17-10(7)14)16-5-1-3-6(4-2-5)18(19)20/h1-4H,(H,16,17). The van der Waals surface area contributed by atoms with Gasteiger partial charge in [0.25, 0.3) is 5.69 Å². The summed E-state index contributed by atoms with van der Waals surface area (Å²) in [6.07, 6.45) is 0. The Bertz CT molecular complexity index is 650. The number of nitrogens with one attached hydrogen (secondary N) is 1. The van der Waals surface area contributed by atoms with Crippen LogP contribution in [0.1, 0.15) is 0 Å². The molecular formula is C11H5Cl4N3O2. The normalized spacial score (nSPS) is 10.4. The molecule has 0 saturated carbocycles. The van der Waals surface area contributed by atoms with Crippen molar-refractivity contribution < 1.29 is 4.92 Å². The van der Waals surface area contributed by atoms with Gasteiger partial charge in [0.2, 0.25) is 0 Å². The number of non-ortho nitro benzene ring substituents is 1. The SMILES string of the molecule is O=[N+]([O-])c1ccc(Nc2c(Cl)c(Cl)nc(Cl)c2Cl)cc1. The average Bonchev–Trinajstić information content (AvgIpc) is 2.42. The Kier molecular flexibility index (Phi) is 4.55. The largest absolute Gasteiger partial charge is 0.353 e. The number of rotatable bonds is 3. The van der Waals surface area contributed by atoms with Crippen LogP contribution in [0, 0.1) is 10.1 Å². The lowest BCUT2D eigenvalue weighted by Crippen LogP contribution is -1.96. The van der Waals surface area contributed by atoms with Gasteiger partial charge < -0.3 is 5.32 Å². The van der Waals surface area contributed by atoms with Crippen LogP contribution in [0.25, 0.3) is 0 Å². The molecule has 0 atom stereocenters. The molecule has 0 aliphatic heterocycles. The zero-order valence-corrected chi connectivity index (χ0v) is 12.6. The van der Waals surface area contributed by atoms with Gasteiger partial charge in [0.15, 0.2) is 10.3 Å². The maximum atomic E-state index is 10.6. The van der Waals surface area contributed by atoms with E-state index in [1.54, 1.807) is 0 Å². The van der Waals surface area contributed by atoms with Gasteiger partial charge in [-0.25, -0.2) is 4.98 Å². The van der Waals surface area contributed by atoms with Crippen LogP contribution in [0.15, 0.2) is 24.3 Å². The van der Waals surface area contributed by atoms with Crippen molar-refractivity contribution in [3.63, 3.8) is 0 Å². The molecule has 2 rings (SSSR count). The number of hydrogen-bond acceptors (Lipinski definition) is 4. The number of anilines is 2. The lowest BCUT2D eigenvalue weighted by atomic mass is 10.2. The second kappa shape index (κ2) is 6.01. The van der Waals surface area contributed by atoms with E-state index in [9.17, 15) is 10.1 Å². The van der Waals surface area contributed by atoms with Gasteiger partial charge in [0.1, 0.15) is 10.0 Å². The topological polar surface area (TPSA) is 68.1 Å². The van der Waals surface area contributed by atoms with Gasteiger partial charge >= 0.3 is 0 Å². The quantitative estimate of drug-likeness (QED) is 0.459. The molecule has 0 radical (unpaired) electrons. The third kappa shape index (κ3) is 3.07. The number of halogens is 4. The molecule has 1 heterocycles. The molecule has 1 aromatic heterocycles. The summed E-state index contributed by atoms with van der Waals surface area (Å²) in [5.74, 6) is 0. The Labute approximate surface area is 133 Å². The van der Waals surface area contributed by atoms with Crippen LogP contribution >= 0.6 is 46.4 Å². The van der Waals surface area contributed by atoms with E-state index in [4.69, 9.17) is 46.4 Å². The minimum Gasteiger partial charge on any atom is -0.353 e. The van der Waals surface area contributed by atoms with Crippen molar-refractivity contribution in [2.75, 3.05) is 5.32 Å². The van der Waals surface area contributed by atoms with Crippen molar-refractivity contribution in [2.24, 2.45) is 0 Å². The number of nitrogens with zero attached hydrogens (tertiary/aromatic N) is 2. The van der Waals surface area contributed by atoms with E-state index in [-0.39, 0.29) is 31.7 Å². The first kappa shape index (κ1) is 15.1. The van der Waals surface area contributed by atoms with Crippen LogP contribution in [0.5, 0.6) is 0 Å². The fourth-order valence-corrected chi connectivity index (χ4v) is 2.23. The molecule has 1 N–H and O–H groups in total. The van der Waals surface area contributed by atoms with Gasteiger partial charge in [-0.05, 0) is 12.1 Å². The van der Waals surface area contributed by atoms with Crippen LogP contribution in [0.4, 0.5) is 17.1 Å². The third-order valence-corrected chi connectivity index (χ3v) is 3.82. The first-order valence-electron chi connectivity index (χ1n) is 5.11. The minimum absolute atomic E-state index is 0.00507. The Morgan fingerprint density at radius 3 is 1.95 bits per heavy atom. The summed E-state index contributed by atoms with van der Waals surface area (Å²) in [7, 11) is 0. The maximum Gasteiger partial charge on any atom is 0.269 e. The summed E-state index contributed by atoms with van der Waals surface area (Å²) in [5.41, 5.74) is 0.795. The van der Waals surface area contributed by atoms with Crippen LogP contribution < -0.4 is 5.32 Å². The number of nitro groups is 1. The molecule has 9 heteroatoms. The van der Waals surface area contributed by atoms with Gasteiger partial charge in [-0.2, -0.15) is 0 Å². The predicted molar refractivity (Wildman–Crippen MR) is 80.7 cm³/mol. The second-order valence-electron chi connectivity index (χ2n) is 3.63. The summed E-state index contributed by atoms with van der Waals surface area (Å²) < 4.78 is 0. The average molecular weight is 353 g/mol. The highest BCUT2D eigenvalue weighted by molar-refractivity contribution is 6.48. The molecule has 0 bridgehead atoms. The van der Waals surface area contributed by atoms with E-state index in [1.807, 2.05) is 0 Å². The Morgan fingerprint density at radius 2 is 1.50 bits per heavy atom. The van der Waals surface area contributed by atoms with Gasteiger partial charge in [0, 0.05) is 17.8 Å². The molecule has 0 aliphatic rings. The molecule has 5 nitrogen and oxygen atoms in total. The molecule has 1 aromatic carbocycles. The molecule has 0 fully saturated rings. The van der Waals surface area contributed by atoms with E-state index < -0.39 is 4.92 Å². The number of pyridine rings is 1. The lowest BCUT2D eigenvalue weighted by molar-refractivity contribution is -0.384. The first-order chi connectivity index (χ1) is 9.40. The van der Waals surface area contributed by atoms with Gasteiger partial charge in [-0.1, -0.05) is 46.4 Å². The van der Waals surface area contributed by atoms with E-state index in [2.05, 4.69) is 10.3 Å². The van der Waals surface area contributed by atoms with E-state index in [0.29, 0.717) is 5.69 Å². The Balaban J connectivity index is 2.37. The fraction of sp³-hybridized carbons (Fsp3) is 0. The number of nitro benzene ring substituents is 1. The smallest absolute Gasteiger partial charge is 0.269 e. The van der Waals surface area contributed by atoms with E-state index in [1.165, 1.54) is 24.3 Å². The van der Waals surface area contributed by atoms with Crippen LogP contribution in [0.2, 0.25) is 20.4 Å². The predicted octanol–water partition coefficient (Wildman–Crippen LogP) is 5.35. The van der Waals surface area contributed by atoms with Gasteiger partial charge in [-0.3, -0.25) is 10.1 Å². The number of benzene rings is 1. The fourth-order valence-electron chi connectivity index (χ4n) is 1.41. The van der Waals surface area contributed by atoms with Crippen molar-refractivity contribution in [3.05, 3.63) is 54.7 Å². The lowest BCUT2D eigenvalue weighted by Gasteiger charge is -2.12. The molecule has 0 saturated heterocycles. The highest BCUT2D eigenvalue weighted by Gasteiger charge is 2.16. The Morgan fingerprint density at radius 1 is 1.00 bits per heavy atom. The van der Waals surface area contributed by atoms with E-state index in [0.717, 1.165) is 0 Å². The third-order valence-electron chi connectivity index (χ3n) is 2.35. The van der Waals surface area contributed by atoms with E-state index >= 15 is 0 Å². The van der Waals surface area contributed by atoms with Crippen molar-refractivity contribution >= 4 is 63.5 Å². The molecule has 104 valence electrons. The van der Waals surface area contributed by atoms with Crippen molar-refractivity contribution in [1.82, 2.24) is 4.98 Å². The molecule has 0 aliphatic carbocycles. The zero-order chi connectivity index (χ0) is 14.9. The minimum atomic E-state index is -0.496. The monoisotopic (exact) mass is 351 g/mol. The first-order valence-corrected chi connectivity index (χ1v) is 6.63. The van der Waals surface area contributed by atoms with Crippen molar-refractivity contribution in [3.8, 4) is 0 Å². The molecule has 0 spiro atoms. The van der Waals surface area contributed by atoms with Crippen LogP contribution in [-0.2, 0) is 0 Å². The second-order valence-corrected chi connectivity index (χ2v) is 5.10. The van der Waals surface area contributed by atoms with Gasteiger partial charge in [0.05, 0.1) is 10.6 Å². The van der Waals surface area contributed by atoms with Crippen molar-refractivity contribution in [2.45, 2.75) is 0 Å². The molecule has 2 aromatic rings. The van der Waals surface area contributed by atoms with Gasteiger partial charge in [-0.15, -0.1) is 0 Å². The summed E-state index contributed by atoms with van der Waals surface area (Å²) in [6.45, 7) is 0. The van der Waals surface area contributed by atoms with Crippen LogP contribution in [0.3, 0.4) is 0 Å². The summed E-state index contributed by atoms with van der Waals surface area (Å²) in [4.78, 5) is 13.8. The zero-order valence-electron chi connectivity index (χ0n) is 9.53. The highest BCUT2D eigenvalue weighted by Crippen LogP contribution is 2.40. The summed E-state index contributed by atoms with van der Waals surface area (Å²) in [6, 6.07) is 5.70. The molecular weight excluding hydrogens is 348 g/mol. The van der Waals surface area contributed by atoms with Crippen molar-refractivity contribution in [1.29, 1.82) is 0 Å². The molecule has 0 amide bonds. The Hall–Kier alpha value is -1.27. The molecule has 20 heavy (non-hydrogen) atoms. The maximum absolute atomic E-state index is 10.6. The van der Waals surface area contributed by atoms with Crippen LogP contribution in [-0.4, -0.2) is 9.91 Å².